The minimum atomic E-state index is -1.49. The molecule has 5 heteroatoms. The van der Waals surface area contributed by atoms with Crippen LogP contribution >= 0.6 is 0 Å². The van der Waals surface area contributed by atoms with Crippen LogP contribution in [0.4, 0.5) is 0 Å². The van der Waals surface area contributed by atoms with E-state index in [2.05, 4.69) is 36.1 Å². The first-order valence-corrected chi connectivity index (χ1v) is 10.6. The molecule has 0 amide bonds. The average Bonchev–Trinajstić information content (AvgIpc) is 2.41. The predicted octanol–water partition coefficient (Wildman–Crippen LogP) is 3.00. The molecule has 1 aromatic heterocycles. The van der Waals surface area contributed by atoms with Gasteiger partial charge in [-0.3, -0.25) is 9.78 Å². The molecule has 116 valence electrons. The number of carbonyl (C=O) groups excluding carboxylic acids is 1. The first-order chi connectivity index (χ1) is 10.1. The number of carboxylic acid groups (broad SMARTS) is 1. The Hall–Kier alpha value is -2.19. The van der Waals surface area contributed by atoms with E-state index in [4.69, 9.17) is 0 Å². The largest absolute Gasteiger partial charge is 0.478 e. The number of nitrogens with zero attached hydrogens (tertiary/aromatic N) is 1. The number of carbonyl (C=O) groups is 2. The number of hydrogen-bond donors (Lipinski definition) is 1. The summed E-state index contributed by atoms with van der Waals surface area (Å²) in [5, 5.41) is 9.20. The van der Waals surface area contributed by atoms with Crippen LogP contribution in [0, 0.1) is 17.4 Å². The van der Waals surface area contributed by atoms with Crippen LogP contribution in [0.25, 0.3) is 6.08 Å². The fraction of sp³-hybridized carbons (Fsp3) is 0.353. The summed E-state index contributed by atoms with van der Waals surface area (Å²) >= 11 is 0. The maximum absolute atomic E-state index is 11.9. The Labute approximate surface area is 132 Å². The molecule has 1 rings (SSSR count). The summed E-state index contributed by atoms with van der Waals surface area (Å²) < 4.78 is 0. The highest BCUT2D eigenvalue weighted by atomic mass is 28.3. The van der Waals surface area contributed by atoms with Crippen molar-refractivity contribution in [2.45, 2.75) is 33.5 Å². The van der Waals surface area contributed by atoms with Crippen LogP contribution in [-0.2, 0) is 9.59 Å². The van der Waals surface area contributed by atoms with Crippen LogP contribution in [0.2, 0.25) is 19.6 Å². The topological polar surface area (TPSA) is 67.3 Å². The van der Waals surface area contributed by atoms with Gasteiger partial charge in [-0.2, -0.15) is 0 Å². The van der Waals surface area contributed by atoms with Gasteiger partial charge in [0, 0.05) is 23.9 Å². The highest BCUT2D eigenvalue weighted by molar-refractivity contribution is 6.83. The molecule has 4 nitrogen and oxygen atoms in total. The van der Waals surface area contributed by atoms with E-state index in [1.807, 2.05) is 0 Å². The third kappa shape index (κ3) is 5.66. The number of aromatic nitrogens is 1. The van der Waals surface area contributed by atoms with Gasteiger partial charge in [-0.1, -0.05) is 39.4 Å². The second-order valence-electron chi connectivity index (χ2n) is 6.39. The first-order valence-electron chi connectivity index (χ1n) is 7.07. The van der Waals surface area contributed by atoms with E-state index >= 15 is 0 Å². The Balaban J connectivity index is 3.21. The molecule has 0 aliphatic rings. The van der Waals surface area contributed by atoms with E-state index in [0.717, 1.165) is 5.56 Å². The lowest BCUT2D eigenvalue weighted by molar-refractivity contribution is -0.135. The van der Waals surface area contributed by atoms with Gasteiger partial charge in [-0.25, -0.2) is 4.79 Å². The van der Waals surface area contributed by atoms with Crippen LogP contribution in [0.5, 0.6) is 0 Å². The van der Waals surface area contributed by atoms with Crippen molar-refractivity contribution in [1.29, 1.82) is 0 Å². The van der Waals surface area contributed by atoms with E-state index in [9.17, 15) is 14.7 Å². The Kier molecular flexibility index (Phi) is 5.83. The molecule has 0 saturated carbocycles. The molecule has 1 heterocycles. The van der Waals surface area contributed by atoms with Crippen LogP contribution < -0.4 is 0 Å². The predicted molar refractivity (Wildman–Crippen MR) is 89.9 cm³/mol. The van der Waals surface area contributed by atoms with Crippen molar-refractivity contribution >= 4 is 25.9 Å². The molecule has 0 saturated heterocycles. The highest BCUT2D eigenvalue weighted by Crippen LogP contribution is 2.13. The van der Waals surface area contributed by atoms with Gasteiger partial charge in [0.05, 0.1) is 0 Å². The normalized spacial score (nSPS) is 11.8. The van der Waals surface area contributed by atoms with Gasteiger partial charge in [0.2, 0.25) is 0 Å². The van der Waals surface area contributed by atoms with Crippen LogP contribution in [0.15, 0.2) is 24.0 Å². The molecule has 0 radical (unpaired) electrons. The van der Waals surface area contributed by atoms with Crippen molar-refractivity contribution < 1.29 is 14.7 Å². The maximum Gasteiger partial charge on any atom is 0.339 e. The van der Waals surface area contributed by atoms with E-state index in [0.29, 0.717) is 5.56 Å². The monoisotopic (exact) mass is 315 g/mol. The first kappa shape index (κ1) is 17.9. The Morgan fingerprint density at radius 3 is 2.41 bits per heavy atom. The van der Waals surface area contributed by atoms with E-state index in [1.165, 1.54) is 12.3 Å². The lowest BCUT2D eigenvalue weighted by Gasteiger charge is -2.05. The lowest BCUT2D eigenvalue weighted by Crippen LogP contribution is -2.17. The van der Waals surface area contributed by atoms with Gasteiger partial charge in [0.15, 0.2) is 5.78 Å². The summed E-state index contributed by atoms with van der Waals surface area (Å²) in [6.45, 7) is 9.77. The number of aliphatic carboxylic acids is 1. The van der Waals surface area contributed by atoms with E-state index in [-0.39, 0.29) is 11.5 Å². The number of Topliss-reactive ketones (excluding diaryl/α,β-unsaturated/α-hetero) is 1. The van der Waals surface area contributed by atoms with Gasteiger partial charge >= 0.3 is 5.97 Å². The van der Waals surface area contributed by atoms with Crippen LogP contribution in [-0.4, -0.2) is 29.9 Å². The fourth-order valence-corrected chi connectivity index (χ4v) is 2.10. The molecule has 0 atom stereocenters. The van der Waals surface area contributed by atoms with Gasteiger partial charge in [0.25, 0.3) is 0 Å². The van der Waals surface area contributed by atoms with Crippen LogP contribution in [0.1, 0.15) is 25.0 Å². The van der Waals surface area contributed by atoms with Crippen molar-refractivity contribution in [3.63, 3.8) is 0 Å². The van der Waals surface area contributed by atoms with Gasteiger partial charge < -0.3 is 5.11 Å². The van der Waals surface area contributed by atoms with Crippen molar-refractivity contribution in [3.8, 4) is 11.5 Å². The SMILES string of the molecule is CC(C)C(=O)C(=Cc1cncc(C#C[Si](C)(C)C)c1)C(=O)O. The minimum Gasteiger partial charge on any atom is -0.478 e. The standard InChI is InChI=1S/C17H21NO3Si/c1-12(2)16(19)15(17(20)21)9-14-8-13(10-18-11-14)6-7-22(3,4)5/h8-12H,1-5H3,(H,20,21). The summed E-state index contributed by atoms with van der Waals surface area (Å²) in [4.78, 5) is 27.3. The summed E-state index contributed by atoms with van der Waals surface area (Å²) in [6.07, 6.45) is 4.52. The van der Waals surface area contributed by atoms with Crippen molar-refractivity contribution in [2.75, 3.05) is 0 Å². The summed E-state index contributed by atoms with van der Waals surface area (Å²) in [5.41, 5.74) is 4.28. The third-order valence-corrected chi connectivity index (χ3v) is 3.55. The molecule has 0 spiro atoms. The zero-order valence-corrected chi connectivity index (χ0v) is 14.6. The van der Waals surface area contributed by atoms with Crippen molar-refractivity contribution in [3.05, 3.63) is 35.2 Å². The van der Waals surface area contributed by atoms with Gasteiger partial charge in [0.1, 0.15) is 13.6 Å². The van der Waals surface area contributed by atoms with E-state index < -0.39 is 19.8 Å². The molecule has 0 bridgehead atoms. The Morgan fingerprint density at radius 1 is 1.27 bits per heavy atom. The molecule has 0 fully saturated rings. The number of pyridine rings is 1. The fourth-order valence-electron chi connectivity index (χ4n) is 1.58. The highest BCUT2D eigenvalue weighted by Gasteiger charge is 2.20. The number of carboxylic acids is 1. The van der Waals surface area contributed by atoms with Crippen LogP contribution in [0.3, 0.4) is 0 Å². The quantitative estimate of drug-likeness (QED) is 0.305. The molecule has 1 aromatic rings. The Bertz CT molecular complexity index is 673. The molecule has 1 N–H and O–H groups in total. The number of ketones is 1. The third-order valence-electron chi connectivity index (χ3n) is 2.67. The zero-order valence-electron chi connectivity index (χ0n) is 13.6. The van der Waals surface area contributed by atoms with Gasteiger partial charge in [-0.05, 0) is 17.7 Å². The summed E-state index contributed by atoms with van der Waals surface area (Å²) in [7, 11) is -1.49. The van der Waals surface area contributed by atoms with Crippen molar-refractivity contribution in [2.24, 2.45) is 5.92 Å². The molecule has 0 aliphatic heterocycles. The van der Waals surface area contributed by atoms with Gasteiger partial charge in [-0.15, -0.1) is 5.54 Å². The second-order valence-corrected chi connectivity index (χ2v) is 11.1. The number of rotatable bonds is 4. The molecular formula is C17H21NO3Si. The zero-order chi connectivity index (χ0) is 16.9. The second kappa shape index (κ2) is 7.19. The molecule has 0 aromatic carbocycles. The molecule has 0 aliphatic carbocycles. The Morgan fingerprint density at radius 2 is 1.91 bits per heavy atom. The number of hydrogen-bond acceptors (Lipinski definition) is 3. The molecule has 0 unspecified atom stereocenters. The van der Waals surface area contributed by atoms with E-state index in [1.54, 1.807) is 26.1 Å². The molecule has 22 heavy (non-hydrogen) atoms. The molecular weight excluding hydrogens is 294 g/mol. The average molecular weight is 315 g/mol. The minimum absolute atomic E-state index is 0.230. The van der Waals surface area contributed by atoms with Crippen molar-refractivity contribution in [1.82, 2.24) is 4.98 Å². The smallest absolute Gasteiger partial charge is 0.339 e. The summed E-state index contributed by atoms with van der Waals surface area (Å²) in [5.74, 6) is 1.07. The lowest BCUT2D eigenvalue weighted by atomic mass is 9.99. The maximum atomic E-state index is 11.9. The summed E-state index contributed by atoms with van der Waals surface area (Å²) in [6, 6.07) is 1.75.